The maximum absolute atomic E-state index is 11.3. The van der Waals surface area contributed by atoms with Crippen LogP contribution >= 0.6 is 24.0 Å². The molecule has 2 heterocycles. The Balaban J connectivity index is 0.00000338. The number of hydrogen-bond acceptors (Lipinski definition) is 4. The van der Waals surface area contributed by atoms with Gasteiger partial charge < -0.3 is 21.3 Å². The molecule has 4 N–H and O–H groups in total. The van der Waals surface area contributed by atoms with Crippen LogP contribution in [0.1, 0.15) is 32.3 Å². The third-order valence-corrected chi connectivity index (χ3v) is 4.41. The minimum Gasteiger partial charge on any atom is -0.369 e. The van der Waals surface area contributed by atoms with Crippen LogP contribution in [0, 0.1) is 11.8 Å². The number of nitrogens with one attached hydrogen (secondary N) is 2. The van der Waals surface area contributed by atoms with Gasteiger partial charge in [-0.2, -0.15) is 0 Å². The molecule has 0 aromatic carbocycles. The summed E-state index contributed by atoms with van der Waals surface area (Å²) in [6, 6.07) is 4.02. The molecule has 0 saturated carbocycles. The van der Waals surface area contributed by atoms with Crippen molar-refractivity contribution in [1.82, 2.24) is 15.6 Å². The van der Waals surface area contributed by atoms with Crippen molar-refractivity contribution in [3.8, 4) is 0 Å². The number of piperidine rings is 1. The number of anilines is 1. The highest BCUT2D eigenvalue weighted by atomic mass is 127. The van der Waals surface area contributed by atoms with Crippen molar-refractivity contribution in [3.63, 3.8) is 0 Å². The van der Waals surface area contributed by atoms with Crippen LogP contribution < -0.4 is 21.3 Å². The maximum Gasteiger partial charge on any atom is 0.220 e. The minimum absolute atomic E-state index is 0. The Labute approximate surface area is 173 Å². The lowest BCUT2D eigenvalue weighted by Gasteiger charge is -2.32. The van der Waals surface area contributed by atoms with E-state index in [1.165, 1.54) is 0 Å². The number of pyridine rings is 1. The number of primary amides is 1. The molecule has 1 amide bonds. The average Bonchev–Trinajstić information content (AvgIpc) is 2.62. The van der Waals surface area contributed by atoms with Crippen LogP contribution in [0.5, 0.6) is 0 Å². The molecule has 1 aliphatic rings. The van der Waals surface area contributed by atoms with Crippen molar-refractivity contribution in [2.75, 3.05) is 31.6 Å². The number of aromatic nitrogens is 1. The van der Waals surface area contributed by atoms with Crippen molar-refractivity contribution in [1.29, 1.82) is 0 Å². The minimum atomic E-state index is -0.192. The van der Waals surface area contributed by atoms with Crippen molar-refractivity contribution >= 4 is 41.7 Å². The van der Waals surface area contributed by atoms with Crippen LogP contribution in [0.3, 0.4) is 0 Å². The predicted octanol–water partition coefficient (Wildman–Crippen LogP) is 1.72. The number of aliphatic imine (C=N–C) groups is 1. The zero-order chi connectivity index (χ0) is 18.2. The van der Waals surface area contributed by atoms with Crippen molar-refractivity contribution in [3.05, 3.63) is 23.9 Å². The van der Waals surface area contributed by atoms with Crippen LogP contribution in [0.2, 0.25) is 0 Å². The Bertz CT molecular complexity index is 599. The fourth-order valence-corrected chi connectivity index (χ4v) is 2.93. The summed E-state index contributed by atoms with van der Waals surface area (Å²) in [5, 5.41) is 6.66. The number of nitrogens with zero attached hydrogens (tertiary/aromatic N) is 3. The van der Waals surface area contributed by atoms with Crippen molar-refractivity contribution in [2.24, 2.45) is 22.6 Å². The largest absolute Gasteiger partial charge is 0.369 e. The number of carbonyl (C=O) groups excluding carboxylic acids is 1. The summed E-state index contributed by atoms with van der Waals surface area (Å²) in [4.78, 5) is 22.4. The van der Waals surface area contributed by atoms with E-state index in [0.29, 0.717) is 12.5 Å². The second-order valence-electron chi connectivity index (χ2n) is 6.85. The summed E-state index contributed by atoms with van der Waals surface area (Å²) in [7, 11) is 1.77. The lowest BCUT2D eigenvalue weighted by molar-refractivity contribution is -0.122. The van der Waals surface area contributed by atoms with Gasteiger partial charge in [-0.25, -0.2) is 4.98 Å². The Morgan fingerprint density at radius 2 is 2.08 bits per heavy atom. The van der Waals surface area contributed by atoms with Crippen molar-refractivity contribution < 1.29 is 4.79 Å². The summed E-state index contributed by atoms with van der Waals surface area (Å²) in [6.45, 7) is 7.46. The number of halogens is 1. The molecule has 1 aromatic heterocycles. The SMILES string of the molecule is CN=C(NCc1cccnc1N1CCC(C(N)=O)CC1)NCC(C)C.I. The fraction of sp³-hybridized carbons (Fsp3) is 0.611. The molecule has 0 aliphatic carbocycles. The molecule has 1 aliphatic heterocycles. The van der Waals surface area contributed by atoms with E-state index in [9.17, 15) is 4.79 Å². The second-order valence-corrected chi connectivity index (χ2v) is 6.85. The number of hydrogen-bond donors (Lipinski definition) is 3. The highest BCUT2D eigenvalue weighted by Gasteiger charge is 2.24. The van der Waals surface area contributed by atoms with E-state index in [0.717, 1.165) is 49.8 Å². The molecule has 2 rings (SSSR count). The third kappa shape index (κ3) is 6.62. The molecule has 26 heavy (non-hydrogen) atoms. The molecule has 0 atom stereocenters. The average molecular weight is 474 g/mol. The van der Waals surface area contributed by atoms with Gasteiger partial charge >= 0.3 is 0 Å². The molecular formula is C18H31IN6O. The predicted molar refractivity (Wildman–Crippen MR) is 117 cm³/mol. The van der Waals surface area contributed by atoms with E-state index in [1.54, 1.807) is 7.05 Å². The molecule has 0 radical (unpaired) electrons. The molecule has 1 saturated heterocycles. The van der Waals surface area contributed by atoms with Gasteiger partial charge in [-0.3, -0.25) is 9.79 Å². The first-order chi connectivity index (χ1) is 12.0. The Morgan fingerprint density at radius 1 is 1.38 bits per heavy atom. The molecule has 8 heteroatoms. The highest BCUT2D eigenvalue weighted by molar-refractivity contribution is 14.0. The lowest BCUT2D eigenvalue weighted by atomic mass is 9.96. The molecule has 7 nitrogen and oxygen atoms in total. The normalized spacial score (nSPS) is 15.5. The van der Waals surface area contributed by atoms with E-state index in [1.807, 2.05) is 12.3 Å². The summed E-state index contributed by atoms with van der Waals surface area (Å²) in [5.74, 6) is 2.11. The van der Waals surface area contributed by atoms with Gasteiger partial charge in [0.1, 0.15) is 5.82 Å². The zero-order valence-corrected chi connectivity index (χ0v) is 18.2. The van der Waals surface area contributed by atoms with Crippen LogP contribution in [0.4, 0.5) is 5.82 Å². The quantitative estimate of drug-likeness (QED) is 0.332. The zero-order valence-electron chi connectivity index (χ0n) is 15.9. The van der Waals surface area contributed by atoms with Gasteiger partial charge in [0.2, 0.25) is 5.91 Å². The van der Waals surface area contributed by atoms with Gasteiger partial charge in [0.05, 0.1) is 0 Å². The van der Waals surface area contributed by atoms with E-state index in [4.69, 9.17) is 5.73 Å². The van der Waals surface area contributed by atoms with Crippen LogP contribution in [-0.4, -0.2) is 43.5 Å². The number of amides is 1. The summed E-state index contributed by atoms with van der Waals surface area (Å²) < 4.78 is 0. The van der Waals surface area contributed by atoms with Crippen LogP contribution in [0.25, 0.3) is 0 Å². The standard InChI is InChI=1S/C18H30N6O.HI/c1-13(2)11-22-18(20-3)23-12-15-5-4-8-21-17(15)24-9-6-14(7-10-24)16(19)25;/h4-5,8,13-14H,6-7,9-12H2,1-3H3,(H2,19,25)(H2,20,22,23);1H. The maximum atomic E-state index is 11.3. The highest BCUT2D eigenvalue weighted by Crippen LogP contribution is 2.24. The number of carbonyl (C=O) groups is 1. The van der Waals surface area contributed by atoms with Gasteiger partial charge in [-0.05, 0) is 24.8 Å². The second kappa shape index (κ2) is 11.2. The molecular weight excluding hydrogens is 443 g/mol. The third-order valence-electron chi connectivity index (χ3n) is 4.41. The fourth-order valence-electron chi connectivity index (χ4n) is 2.93. The van der Waals surface area contributed by atoms with E-state index in [-0.39, 0.29) is 35.8 Å². The topological polar surface area (TPSA) is 95.6 Å². The lowest BCUT2D eigenvalue weighted by Crippen LogP contribution is -2.41. The molecule has 146 valence electrons. The van der Waals surface area contributed by atoms with Gasteiger partial charge in [-0.1, -0.05) is 19.9 Å². The van der Waals surface area contributed by atoms with E-state index >= 15 is 0 Å². The van der Waals surface area contributed by atoms with Gasteiger partial charge in [0, 0.05) is 50.9 Å². The van der Waals surface area contributed by atoms with Gasteiger partial charge in [0.15, 0.2) is 5.96 Å². The monoisotopic (exact) mass is 474 g/mol. The molecule has 0 spiro atoms. The molecule has 1 aromatic rings. The van der Waals surface area contributed by atoms with Gasteiger partial charge in [0.25, 0.3) is 0 Å². The number of guanidine groups is 1. The van der Waals surface area contributed by atoms with Gasteiger partial charge in [-0.15, -0.1) is 24.0 Å². The Hall–Kier alpha value is -1.58. The smallest absolute Gasteiger partial charge is 0.220 e. The van der Waals surface area contributed by atoms with Crippen molar-refractivity contribution in [2.45, 2.75) is 33.2 Å². The first kappa shape index (κ1) is 22.5. The Morgan fingerprint density at radius 3 is 2.65 bits per heavy atom. The van der Waals surface area contributed by atoms with Crippen LogP contribution in [0.15, 0.2) is 23.3 Å². The molecule has 1 fully saturated rings. The first-order valence-electron chi connectivity index (χ1n) is 8.94. The summed E-state index contributed by atoms with van der Waals surface area (Å²) in [5.41, 5.74) is 6.54. The Kier molecular flexibility index (Phi) is 9.68. The van der Waals surface area contributed by atoms with E-state index in [2.05, 4.69) is 45.4 Å². The number of rotatable bonds is 6. The summed E-state index contributed by atoms with van der Waals surface area (Å²) in [6.07, 6.45) is 3.39. The number of nitrogens with two attached hydrogens (primary N) is 1. The molecule has 0 bridgehead atoms. The van der Waals surface area contributed by atoms with Crippen LogP contribution in [-0.2, 0) is 11.3 Å². The first-order valence-corrected chi connectivity index (χ1v) is 8.94. The summed E-state index contributed by atoms with van der Waals surface area (Å²) >= 11 is 0. The molecule has 0 unspecified atom stereocenters. The van der Waals surface area contributed by atoms with E-state index < -0.39 is 0 Å².